The summed E-state index contributed by atoms with van der Waals surface area (Å²) in [4.78, 5) is 13.0. The molecule has 176 valence electrons. The van der Waals surface area contributed by atoms with Gasteiger partial charge in [0.15, 0.2) is 5.82 Å². The topological polar surface area (TPSA) is 65.0 Å². The van der Waals surface area contributed by atoms with Crippen LogP contribution in [0.2, 0.25) is 0 Å². The fraction of sp³-hybridized carbons (Fsp3) is 0.308. The predicted molar refractivity (Wildman–Crippen MR) is 123 cm³/mol. The van der Waals surface area contributed by atoms with Gasteiger partial charge in [-0.3, -0.25) is 9.88 Å². The highest BCUT2D eigenvalue weighted by Gasteiger charge is 2.48. The maximum absolute atomic E-state index is 15.5. The number of aromatic amines is 1. The van der Waals surface area contributed by atoms with Crippen LogP contribution in [0, 0.1) is 29.3 Å². The fourth-order valence-electron chi connectivity index (χ4n) is 5.35. The van der Waals surface area contributed by atoms with Gasteiger partial charge in [-0.2, -0.15) is 0 Å². The lowest BCUT2D eigenvalue weighted by atomic mass is 9.70. The van der Waals surface area contributed by atoms with E-state index in [2.05, 4.69) is 19.9 Å². The summed E-state index contributed by atoms with van der Waals surface area (Å²) in [6.45, 7) is 5.23. The van der Waals surface area contributed by atoms with Crippen LogP contribution in [0.4, 0.5) is 13.2 Å². The third-order valence-corrected chi connectivity index (χ3v) is 7.00. The quantitative estimate of drug-likeness (QED) is 0.443. The fourth-order valence-corrected chi connectivity index (χ4v) is 5.35. The van der Waals surface area contributed by atoms with Crippen LogP contribution in [0.3, 0.4) is 0 Å². The Morgan fingerprint density at radius 1 is 1.00 bits per heavy atom. The number of fused-ring (bicyclic) bond motifs is 1. The maximum Gasteiger partial charge on any atom is 0.150 e. The summed E-state index contributed by atoms with van der Waals surface area (Å²) in [7, 11) is 0. The zero-order valence-corrected chi connectivity index (χ0v) is 18.9. The van der Waals surface area contributed by atoms with Crippen LogP contribution < -0.4 is 0 Å². The highest BCUT2D eigenvalue weighted by Crippen LogP contribution is 2.45. The average Bonchev–Trinajstić information content (AvgIpc) is 3.19. The number of benzene rings is 1. The van der Waals surface area contributed by atoms with Crippen molar-refractivity contribution in [2.75, 3.05) is 13.1 Å². The Morgan fingerprint density at radius 3 is 2.29 bits per heavy atom. The summed E-state index contributed by atoms with van der Waals surface area (Å²) >= 11 is 0. The smallest absolute Gasteiger partial charge is 0.150 e. The normalized spacial score (nSPS) is 23.5. The molecule has 0 aliphatic carbocycles. The largest absolute Gasteiger partial charge is 0.384 e. The summed E-state index contributed by atoms with van der Waals surface area (Å²) in [5.74, 6) is -3.10. The van der Waals surface area contributed by atoms with Crippen molar-refractivity contribution in [3.8, 4) is 11.1 Å². The van der Waals surface area contributed by atoms with Crippen LogP contribution >= 0.6 is 0 Å². The summed E-state index contributed by atoms with van der Waals surface area (Å²) in [6, 6.07) is 7.71. The molecule has 1 saturated heterocycles. The zero-order valence-electron chi connectivity index (χ0n) is 18.9. The van der Waals surface area contributed by atoms with Crippen molar-refractivity contribution in [2.45, 2.75) is 26.0 Å². The molecule has 0 bridgehead atoms. The Hall–Kier alpha value is -3.23. The molecular formula is C26H25F3N4O. The number of hydrogen-bond donors (Lipinski definition) is 2. The van der Waals surface area contributed by atoms with E-state index in [1.54, 1.807) is 12.4 Å². The summed E-state index contributed by atoms with van der Waals surface area (Å²) in [6.07, 6.45) is 6.07. The highest BCUT2D eigenvalue weighted by molar-refractivity contribution is 5.93. The van der Waals surface area contributed by atoms with Gasteiger partial charge in [0.05, 0.1) is 10.9 Å². The van der Waals surface area contributed by atoms with Crippen molar-refractivity contribution in [3.63, 3.8) is 0 Å². The molecule has 5 nitrogen and oxygen atoms in total. The molecule has 4 aromatic rings. The number of rotatable bonds is 4. The molecule has 1 aromatic carbocycles. The molecule has 0 saturated carbocycles. The van der Waals surface area contributed by atoms with Gasteiger partial charge in [0.2, 0.25) is 0 Å². The Kier molecular flexibility index (Phi) is 5.65. The lowest BCUT2D eigenvalue weighted by Gasteiger charge is -2.48. The van der Waals surface area contributed by atoms with Gasteiger partial charge < -0.3 is 10.1 Å². The van der Waals surface area contributed by atoms with E-state index in [9.17, 15) is 9.50 Å². The standard InChI is InChI=1S/C26H25F3N4O/c1-15-12-33(14-17-3-6-30-7-4-17)13-16(2)26(15,34)24-20(27)9-18(10-21(24)28)19-5-8-31-25-23(19)22(29)11-32-25/h3-11,15-16,34H,12-14H2,1-2H3,(H,31,32)/t15-,16+,26?. The molecule has 1 unspecified atom stereocenters. The van der Waals surface area contributed by atoms with E-state index in [-0.39, 0.29) is 16.5 Å². The Labute approximate surface area is 195 Å². The molecule has 2 N–H and O–H groups in total. The Morgan fingerprint density at radius 2 is 1.65 bits per heavy atom. The number of pyridine rings is 2. The number of nitrogens with zero attached hydrogens (tertiary/aromatic N) is 3. The zero-order chi connectivity index (χ0) is 24.0. The first kappa shape index (κ1) is 22.6. The number of piperidine rings is 1. The van der Waals surface area contributed by atoms with Crippen LogP contribution in [-0.4, -0.2) is 38.0 Å². The van der Waals surface area contributed by atoms with Crippen LogP contribution in [0.15, 0.2) is 55.1 Å². The molecule has 1 aliphatic heterocycles. The first-order valence-corrected chi connectivity index (χ1v) is 11.2. The SMILES string of the molecule is C[C@@H]1CN(Cc2ccncc2)C[C@H](C)C1(O)c1c(F)cc(-c2ccnc3[nH]cc(F)c23)cc1F. The van der Waals surface area contributed by atoms with Crippen LogP contribution in [0.1, 0.15) is 25.0 Å². The highest BCUT2D eigenvalue weighted by atomic mass is 19.1. The van der Waals surface area contributed by atoms with E-state index < -0.39 is 34.9 Å². The molecule has 4 heterocycles. The number of H-pyrrole nitrogens is 1. The van der Waals surface area contributed by atoms with Crippen LogP contribution in [0.5, 0.6) is 0 Å². The lowest BCUT2D eigenvalue weighted by Crippen LogP contribution is -2.54. The van der Waals surface area contributed by atoms with Gasteiger partial charge in [0.1, 0.15) is 22.9 Å². The molecule has 3 atom stereocenters. The third-order valence-electron chi connectivity index (χ3n) is 7.00. The Balaban J connectivity index is 1.49. The lowest BCUT2D eigenvalue weighted by molar-refractivity contribution is -0.118. The van der Waals surface area contributed by atoms with Crippen LogP contribution in [0.25, 0.3) is 22.2 Å². The van der Waals surface area contributed by atoms with Gasteiger partial charge in [-0.05, 0) is 47.0 Å². The van der Waals surface area contributed by atoms with Crippen molar-refractivity contribution < 1.29 is 18.3 Å². The molecular weight excluding hydrogens is 441 g/mol. The van der Waals surface area contributed by atoms with E-state index in [4.69, 9.17) is 0 Å². The predicted octanol–water partition coefficient (Wildman–Crippen LogP) is 5.02. The number of aliphatic hydroxyl groups is 1. The maximum atomic E-state index is 15.5. The second kappa shape index (κ2) is 8.52. The molecule has 0 spiro atoms. The van der Waals surface area contributed by atoms with Gasteiger partial charge in [-0.1, -0.05) is 13.8 Å². The molecule has 34 heavy (non-hydrogen) atoms. The number of likely N-dealkylation sites (tertiary alicyclic amines) is 1. The molecule has 5 rings (SSSR count). The van der Waals surface area contributed by atoms with E-state index in [1.807, 2.05) is 26.0 Å². The second-order valence-corrected chi connectivity index (χ2v) is 9.21. The van der Waals surface area contributed by atoms with Gasteiger partial charge >= 0.3 is 0 Å². The molecule has 1 aliphatic rings. The third kappa shape index (κ3) is 3.67. The number of aromatic nitrogens is 3. The summed E-state index contributed by atoms with van der Waals surface area (Å²) in [5, 5.41) is 11.8. The number of halogens is 3. The minimum atomic E-state index is -1.69. The molecule has 3 aromatic heterocycles. The molecule has 0 radical (unpaired) electrons. The van der Waals surface area contributed by atoms with Gasteiger partial charge in [-0.25, -0.2) is 18.2 Å². The van der Waals surface area contributed by atoms with Crippen molar-refractivity contribution in [2.24, 2.45) is 11.8 Å². The van der Waals surface area contributed by atoms with Crippen LogP contribution in [-0.2, 0) is 12.1 Å². The number of hydrogen-bond acceptors (Lipinski definition) is 4. The van der Waals surface area contributed by atoms with Gasteiger partial charge in [0, 0.05) is 56.3 Å². The molecule has 1 fully saturated rings. The van der Waals surface area contributed by atoms with Crippen molar-refractivity contribution in [3.05, 3.63) is 83.7 Å². The van der Waals surface area contributed by atoms with E-state index in [0.717, 1.165) is 11.8 Å². The minimum absolute atomic E-state index is 0.166. The van der Waals surface area contributed by atoms with E-state index in [1.165, 1.54) is 24.4 Å². The first-order chi connectivity index (χ1) is 16.3. The summed E-state index contributed by atoms with van der Waals surface area (Å²) < 4.78 is 45.3. The molecule has 0 amide bonds. The average molecular weight is 467 g/mol. The monoisotopic (exact) mass is 466 g/mol. The van der Waals surface area contributed by atoms with Gasteiger partial charge in [-0.15, -0.1) is 0 Å². The van der Waals surface area contributed by atoms with E-state index >= 15 is 8.78 Å². The van der Waals surface area contributed by atoms with Gasteiger partial charge in [0.25, 0.3) is 0 Å². The van der Waals surface area contributed by atoms with E-state index in [0.29, 0.717) is 30.8 Å². The van der Waals surface area contributed by atoms with Crippen molar-refractivity contribution >= 4 is 11.0 Å². The number of nitrogens with one attached hydrogen (secondary N) is 1. The second-order valence-electron chi connectivity index (χ2n) is 9.21. The molecule has 8 heteroatoms. The summed E-state index contributed by atoms with van der Waals surface area (Å²) in [5.41, 5.74) is -0.129. The minimum Gasteiger partial charge on any atom is -0.384 e. The van der Waals surface area contributed by atoms with Crippen molar-refractivity contribution in [1.82, 2.24) is 19.9 Å². The Bertz CT molecular complexity index is 1310. The first-order valence-electron chi connectivity index (χ1n) is 11.2. The van der Waals surface area contributed by atoms with Crippen molar-refractivity contribution in [1.29, 1.82) is 0 Å².